The highest BCUT2D eigenvalue weighted by atomic mass is 32.2. The number of thiophene rings is 1. The van der Waals surface area contributed by atoms with E-state index in [0.717, 1.165) is 9.18 Å². The molecule has 0 saturated carbocycles. The predicted octanol–water partition coefficient (Wildman–Crippen LogP) is 2.14. The van der Waals surface area contributed by atoms with Crippen LogP contribution in [0.5, 0.6) is 0 Å². The first kappa shape index (κ1) is 14.1. The van der Waals surface area contributed by atoms with Crippen molar-refractivity contribution in [3.05, 3.63) is 53.2 Å². The number of benzene rings is 1. The molecule has 0 atom stereocenters. The summed E-state index contributed by atoms with van der Waals surface area (Å²) in [6, 6.07) is 9.76. The number of hydrogen-bond donors (Lipinski definition) is 0. The van der Waals surface area contributed by atoms with Gasteiger partial charge in [-0.2, -0.15) is 4.98 Å². The zero-order valence-electron chi connectivity index (χ0n) is 11.5. The molecule has 2 aromatic heterocycles. The molecule has 116 valence electrons. The van der Waals surface area contributed by atoms with E-state index in [2.05, 4.69) is 10.1 Å². The SMILES string of the molecule is O=C1c2ccccc2S(=O)(=O)N1Cc1noc(-c2cccs2)n1. The van der Waals surface area contributed by atoms with Gasteiger partial charge in [0.25, 0.3) is 21.8 Å². The van der Waals surface area contributed by atoms with Gasteiger partial charge < -0.3 is 4.52 Å². The zero-order chi connectivity index (χ0) is 16.0. The summed E-state index contributed by atoms with van der Waals surface area (Å²) in [5.74, 6) is -0.141. The number of sulfonamides is 1. The van der Waals surface area contributed by atoms with E-state index < -0.39 is 15.9 Å². The standard InChI is InChI=1S/C14H9N3O4S2/c18-14-9-4-1-2-6-11(9)23(19,20)17(14)8-12-15-13(21-16-12)10-5-3-7-22-10/h1-7H,8H2. The molecular weight excluding hydrogens is 338 g/mol. The number of fused-ring (bicyclic) bond motifs is 1. The molecule has 4 rings (SSSR count). The fourth-order valence-electron chi connectivity index (χ4n) is 2.33. The van der Waals surface area contributed by atoms with Crippen LogP contribution in [0.2, 0.25) is 0 Å². The molecule has 0 saturated heterocycles. The maximum absolute atomic E-state index is 12.5. The highest BCUT2D eigenvalue weighted by Crippen LogP contribution is 2.31. The van der Waals surface area contributed by atoms with Crippen LogP contribution >= 0.6 is 11.3 Å². The van der Waals surface area contributed by atoms with E-state index in [9.17, 15) is 13.2 Å². The van der Waals surface area contributed by atoms with E-state index in [-0.39, 0.29) is 22.8 Å². The molecule has 1 amide bonds. The lowest BCUT2D eigenvalue weighted by molar-refractivity contribution is 0.0862. The molecule has 0 fully saturated rings. The van der Waals surface area contributed by atoms with Crippen LogP contribution in [-0.2, 0) is 16.6 Å². The minimum atomic E-state index is -3.87. The summed E-state index contributed by atoms with van der Waals surface area (Å²) in [6.07, 6.45) is 0. The van der Waals surface area contributed by atoms with Crippen molar-refractivity contribution in [1.29, 1.82) is 0 Å². The maximum Gasteiger partial charge on any atom is 0.269 e. The van der Waals surface area contributed by atoms with Crippen molar-refractivity contribution in [2.45, 2.75) is 11.4 Å². The number of hydrogen-bond acceptors (Lipinski definition) is 7. The Labute approximate surface area is 135 Å². The topological polar surface area (TPSA) is 93.4 Å². The quantitative estimate of drug-likeness (QED) is 0.720. The third-order valence-electron chi connectivity index (χ3n) is 3.40. The van der Waals surface area contributed by atoms with Gasteiger partial charge in [0.15, 0.2) is 5.82 Å². The number of amides is 1. The van der Waals surface area contributed by atoms with Gasteiger partial charge in [-0.1, -0.05) is 23.4 Å². The first-order valence-electron chi connectivity index (χ1n) is 6.60. The van der Waals surface area contributed by atoms with Crippen molar-refractivity contribution in [1.82, 2.24) is 14.4 Å². The highest BCUT2D eigenvalue weighted by molar-refractivity contribution is 7.90. The van der Waals surface area contributed by atoms with Crippen LogP contribution in [0, 0.1) is 0 Å². The number of carbonyl (C=O) groups excluding carboxylic acids is 1. The fourth-order valence-corrected chi connectivity index (χ4v) is 4.50. The molecule has 1 aliphatic rings. The van der Waals surface area contributed by atoms with Crippen LogP contribution in [-0.4, -0.2) is 28.8 Å². The van der Waals surface area contributed by atoms with E-state index in [4.69, 9.17) is 4.52 Å². The van der Waals surface area contributed by atoms with Crippen molar-refractivity contribution in [3.63, 3.8) is 0 Å². The summed E-state index contributed by atoms with van der Waals surface area (Å²) >= 11 is 1.43. The molecule has 0 N–H and O–H groups in total. The molecule has 0 spiro atoms. The summed E-state index contributed by atoms with van der Waals surface area (Å²) in [7, 11) is -3.87. The molecule has 23 heavy (non-hydrogen) atoms. The van der Waals surface area contributed by atoms with Gasteiger partial charge in [-0.15, -0.1) is 11.3 Å². The van der Waals surface area contributed by atoms with Crippen molar-refractivity contribution in [2.24, 2.45) is 0 Å². The second kappa shape index (κ2) is 5.00. The fraction of sp³-hybridized carbons (Fsp3) is 0.0714. The Balaban J connectivity index is 1.67. The first-order valence-corrected chi connectivity index (χ1v) is 8.92. The molecule has 0 bridgehead atoms. The molecule has 1 aliphatic heterocycles. The summed E-state index contributed by atoms with van der Waals surface area (Å²) in [6.45, 7) is -0.259. The minimum absolute atomic E-state index is 0.00646. The zero-order valence-corrected chi connectivity index (χ0v) is 13.2. The van der Waals surface area contributed by atoms with Crippen molar-refractivity contribution in [2.75, 3.05) is 0 Å². The van der Waals surface area contributed by atoms with Crippen LogP contribution < -0.4 is 0 Å². The number of carbonyl (C=O) groups is 1. The lowest BCUT2D eigenvalue weighted by atomic mass is 10.2. The third-order valence-corrected chi connectivity index (χ3v) is 6.04. The van der Waals surface area contributed by atoms with Gasteiger partial charge in [-0.25, -0.2) is 12.7 Å². The second-order valence-corrected chi connectivity index (χ2v) is 7.58. The molecule has 3 heterocycles. The summed E-state index contributed by atoms with van der Waals surface area (Å²) in [5.41, 5.74) is 0.162. The molecule has 0 aliphatic carbocycles. The van der Waals surface area contributed by atoms with Crippen LogP contribution in [0.25, 0.3) is 10.8 Å². The average molecular weight is 347 g/mol. The first-order chi connectivity index (χ1) is 11.1. The maximum atomic E-state index is 12.5. The molecule has 7 nitrogen and oxygen atoms in total. The number of aromatic nitrogens is 2. The van der Waals surface area contributed by atoms with Crippen LogP contribution in [0.4, 0.5) is 0 Å². The Kier molecular flexibility index (Phi) is 3.06. The van der Waals surface area contributed by atoms with Gasteiger partial charge in [0.1, 0.15) is 11.4 Å². The summed E-state index contributed by atoms with van der Waals surface area (Å²) in [4.78, 5) is 17.3. The predicted molar refractivity (Wildman–Crippen MR) is 81.1 cm³/mol. The van der Waals surface area contributed by atoms with Gasteiger partial charge >= 0.3 is 0 Å². The van der Waals surface area contributed by atoms with E-state index in [1.807, 2.05) is 17.5 Å². The van der Waals surface area contributed by atoms with E-state index in [1.54, 1.807) is 12.1 Å². The second-order valence-electron chi connectivity index (χ2n) is 4.81. The van der Waals surface area contributed by atoms with Crippen LogP contribution in [0.3, 0.4) is 0 Å². The Morgan fingerprint density at radius 1 is 1.17 bits per heavy atom. The van der Waals surface area contributed by atoms with Crippen LogP contribution in [0.1, 0.15) is 16.2 Å². The summed E-state index contributed by atoms with van der Waals surface area (Å²) < 4.78 is 30.8. The van der Waals surface area contributed by atoms with Gasteiger partial charge in [-0.3, -0.25) is 4.79 Å². The molecular formula is C14H9N3O4S2. The average Bonchev–Trinajstić information content (AvgIpc) is 3.25. The molecule has 9 heteroatoms. The van der Waals surface area contributed by atoms with Crippen molar-refractivity contribution < 1.29 is 17.7 Å². The Hall–Kier alpha value is -2.52. The lowest BCUT2D eigenvalue weighted by Gasteiger charge is -2.11. The molecule has 0 radical (unpaired) electrons. The number of rotatable bonds is 3. The van der Waals surface area contributed by atoms with Crippen molar-refractivity contribution >= 4 is 27.3 Å². The Morgan fingerprint density at radius 3 is 2.74 bits per heavy atom. The third kappa shape index (κ3) is 2.16. The Bertz CT molecular complexity index is 993. The molecule has 0 unspecified atom stereocenters. The Morgan fingerprint density at radius 2 is 2.00 bits per heavy atom. The monoisotopic (exact) mass is 347 g/mol. The molecule has 1 aromatic carbocycles. The van der Waals surface area contributed by atoms with Crippen LogP contribution in [0.15, 0.2) is 51.2 Å². The minimum Gasteiger partial charge on any atom is -0.333 e. The van der Waals surface area contributed by atoms with Gasteiger partial charge in [0, 0.05) is 0 Å². The number of nitrogens with zero attached hydrogens (tertiary/aromatic N) is 3. The highest BCUT2D eigenvalue weighted by Gasteiger charge is 2.41. The normalized spacial score (nSPS) is 15.8. The molecule has 3 aromatic rings. The lowest BCUT2D eigenvalue weighted by Crippen LogP contribution is -2.29. The van der Waals surface area contributed by atoms with Gasteiger partial charge in [-0.05, 0) is 23.6 Å². The van der Waals surface area contributed by atoms with Gasteiger partial charge in [0.2, 0.25) is 0 Å². The largest absolute Gasteiger partial charge is 0.333 e. The van der Waals surface area contributed by atoms with Crippen molar-refractivity contribution in [3.8, 4) is 10.8 Å². The van der Waals surface area contributed by atoms with Gasteiger partial charge in [0.05, 0.1) is 10.4 Å². The summed E-state index contributed by atoms with van der Waals surface area (Å²) in [5, 5.41) is 5.63. The van der Waals surface area contributed by atoms with E-state index in [0.29, 0.717) is 5.89 Å². The van der Waals surface area contributed by atoms with E-state index in [1.165, 1.54) is 23.5 Å². The van der Waals surface area contributed by atoms with E-state index >= 15 is 0 Å². The smallest absolute Gasteiger partial charge is 0.269 e.